The summed E-state index contributed by atoms with van der Waals surface area (Å²) in [6.07, 6.45) is 5.97. The molecule has 0 aliphatic rings. The van der Waals surface area contributed by atoms with Gasteiger partial charge in [0, 0.05) is 0 Å². The average Bonchev–Trinajstić information content (AvgIpc) is 3.08. The van der Waals surface area contributed by atoms with Crippen LogP contribution in [0.25, 0.3) is 22.3 Å². The van der Waals surface area contributed by atoms with E-state index in [2.05, 4.69) is 11.7 Å². The van der Waals surface area contributed by atoms with Gasteiger partial charge in [0.05, 0.1) is 12.2 Å². The van der Waals surface area contributed by atoms with Crippen LogP contribution in [0.2, 0.25) is 0 Å². The molecule has 5 nitrogen and oxygen atoms in total. The largest absolute Gasteiger partial charge is 0.517 e. The second kappa shape index (κ2) is 21.2. The van der Waals surface area contributed by atoms with Crippen LogP contribution in [0, 0.1) is 0 Å². The van der Waals surface area contributed by atoms with Gasteiger partial charge in [-0.3, -0.25) is 0 Å². The molecule has 1 unspecified atom stereocenters. The van der Waals surface area contributed by atoms with Gasteiger partial charge in [0.1, 0.15) is 5.75 Å². The number of hydrogen-bond acceptors (Lipinski definition) is 5. The van der Waals surface area contributed by atoms with E-state index in [0.29, 0.717) is 18.6 Å². The Balaban J connectivity index is 1.60. The van der Waals surface area contributed by atoms with Crippen LogP contribution < -0.4 is 4.74 Å². The summed E-state index contributed by atoms with van der Waals surface area (Å²) in [6.45, 7) is 4.85. The molecule has 0 radical (unpaired) electrons. The van der Waals surface area contributed by atoms with Gasteiger partial charge in [-0.15, -0.1) is 0 Å². The highest BCUT2D eigenvalue weighted by Crippen LogP contribution is 2.34. The van der Waals surface area contributed by atoms with Crippen LogP contribution in [-0.4, -0.2) is 31.0 Å². The van der Waals surface area contributed by atoms with Gasteiger partial charge in [0.15, 0.2) is 0 Å². The summed E-state index contributed by atoms with van der Waals surface area (Å²) in [5, 5.41) is 0. The number of alkyl halides is 3. The second-order valence-corrected chi connectivity index (χ2v) is 12.3. The van der Waals surface area contributed by atoms with E-state index >= 15 is 0 Å². The summed E-state index contributed by atoms with van der Waals surface area (Å²) >= 11 is 0. The van der Waals surface area contributed by atoms with Crippen molar-refractivity contribution in [2.45, 2.75) is 122 Å². The van der Waals surface area contributed by atoms with E-state index < -0.39 is 24.4 Å². The Hall–Kier alpha value is -3.81. The van der Waals surface area contributed by atoms with Gasteiger partial charge in [-0.2, -0.15) is 13.2 Å². The molecular formula is C40H51F3O5. The summed E-state index contributed by atoms with van der Waals surface area (Å²) in [4.78, 5) is 25.2. The van der Waals surface area contributed by atoms with E-state index in [9.17, 15) is 22.8 Å². The van der Waals surface area contributed by atoms with Crippen molar-refractivity contribution < 1.29 is 37.0 Å². The first kappa shape index (κ1) is 38.6. The van der Waals surface area contributed by atoms with E-state index in [0.717, 1.165) is 48.1 Å². The van der Waals surface area contributed by atoms with Gasteiger partial charge >= 0.3 is 18.3 Å². The Labute approximate surface area is 284 Å². The van der Waals surface area contributed by atoms with Crippen molar-refractivity contribution in [3.8, 4) is 28.0 Å². The summed E-state index contributed by atoms with van der Waals surface area (Å²) < 4.78 is 55.6. The normalized spacial score (nSPS) is 12.0. The van der Waals surface area contributed by atoms with E-state index in [1.54, 1.807) is 12.1 Å². The molecule has 0 aliphatic carbocycles. The zero-order chi connectivity index (χ0) is 34.6. The molecule has 0 amide bonds. The fourth-order valence-corrected chi connectivity index (χ4v) is 5.61. The van der Waals surface area contributed by atoms with Crippen LogP contribution in [0.4, 0.5) is 18.0 Å². The van der Waals surface area contributed by atoms with Gasteiger partial charge in [0.25, 0.3) is 0 Å². The van der Waals surface area contributed by atoms with E-state index in [4.69, 9.17) is 9.47 Å². The van der Waals surface area contributed by atoms with E-state index in [-0.39, 0.29) is 18.4 Å². The predicted molar refractivity (Wildman–Crippen MR) is 185 cm³/mol. The maximum Gasteiger partial charge on any atom is 0.517 e. The first-order chi connectivity index (χ1) is 23.2. The third-order valence-electron chi connectivity index (χ3n) is 8.37. The molecule has 0 fully saturated rings. The smallest absolute Gasteiger partial charge is 0.494 e. The summed E-state index contributed by atoms with van der Waals surface area (Å²) in [7, 11) is 0. The van der Waals surface area contributed by atoms with E-state index in [1.165, 1.54) is 57.4 Å². The molecular weight excluding hydrogens is 617 g/mol. The van der Waals surface area contributed by atoms with Crippen molar-refractivity contribution in [3.63, 3.8) is 0 Å². The van der Waals surface area contributed by atoms with Crippen molar-refractivity contribution in [1.82, 2.24) is 0 Å². The highest BCUT2D eigenvalue weighted by Gasteiger charge is 2.43. The first-order valence-corrected chi connectivity index (χ1v) is 17.6. The van der Waals surface area contributed by atoms with Crippen LogP contribution in [0.1, 0.15) is 121 Å². The lowest BCUT2D eigenvalue weighted by molar-refractivity contribution is -0.209. The molecule has 0 aromatic heterocycles. The van der Waals surface area contributed by atoms with Crippen molar-refractivity contribution in [1.29, 1.82) is 0 Å². The number of unbranched alkanes of at least 4 members (excludes halogenated alkanes) is 12. The van der Waals surface area contributed by atoms with Crippen molar-refractivity contribution in [2.75, 3.05) is 6.61 Å². The monoisotopic (exact) mass is 668 g/mol. The van der Waals surface area contributed by atoms with Crippen molar-refractivity contribution >= 4 is 12.1 Å². The first-order valence-electron chi connectivity index (χ1n) is 17.6. The Morgan fingerprint density at radius 2 is 1.21 bits per heavy atom. The molecule has 0 saturated carbocycles. The number of carbonyl (C=O) groups is 2. The van der Waals surface area contributed by atoms with Gasteiger partial charge in [-0.1, -0.05) is 139 Å². The Kier molecular flexibility index (Phi) is 17.1. The highest BCUT2D eigenvalue weighted by molar-refractivity contribution is 5.98. The second-order valence-electron chi connectivity index (χ2n) is 12.3. The molecule has 0 N–H and O–H groups in total. The van der Waals surface area contributed by atoms with Gasteiger partial charge in [-0.25, -0.2) is 9.59 Å². The summed E-state index contributed by atoms with van der Waals surface area (Å²) in [5.41, 5.74) is 3.23. The lowest BCUT2D eigenvalue weighted by Gasteiger charge is -2.20. The van der Waals surface area contributed by atoms with Gasteiger partial charge in [-0.05, 0) is 65.8 Å². The number of benzene rings is 3. The number of rotatable bonds is 21. The number of ether oxygens (including phenoxy) is 3. The lowest BCUT2D eigenvalue weighted by atomic mass is 9.93. The SMILES string of the molecule is CCCCCCCCCCCCOc1ccc(-c2ccc(C(=O)OC(=O)OC(CCCCCC)C(F)(F)F)cc2-c2ccccc2)cc1. The fraction of sp³-hybridized carbons (Fsp3) is 0.500. The van der Waals surface area contributed by atoms with Crippen LogP contribution in [0.3, 0.4) is 0 Å². The van der Waals surface area contributed by atoms with Crippen molar-refractivity contribution in [3.05, 3.63) is 78.4 Å². The molecule has 3 rings (SSSR count). The lowest BCUT2D eigenvalue weighted by Crippen LogP contribution is -2.34. The maximum atomic E-state index is 13.5. The third-order valence-corrected chi connectivity index (χ3v) is 8.37. The molecule has 48 heavy (non-hydrogen) atoms. The minimum atomic E-state index is -4.76. The number of hydrogen-bond donors (Lipinski definition) is 0. The zero-order valence-electron chi connectivity index (χ0n) is 28.5. The van der Waals surface area contributed by atoms with Crippen LogP contribution in [0.15, 0.2) is 72.8 Å². The van der Waals surface area contributed by atoms with Gasteiger partial charge in [0.2, 0.25) is 6.10 Å². The molecule has 262 valence electrons. The molecule has 0 aliphatic heterocycles. The molecule has 0 bridgehead atoms. The molecule has 1 atom stereocenters. The van der Waals surface area contributed by atoms with E-state index in [1.807, 2.05) is 61.5 Å². The number of halogens is 3. The highest BCUT2D eigenvalue weighted by atomic mass is 19.4. The topological polar surface area (TPSA) is 61.8 Å². The maximum absolute atomic E-state index is 13.5. The minimum Gasteiger partial charge on any atom is -0.494 e. The standard InChI is InChI=1S/C40H51F3O5/c1-3-5-7-9-10-11-12-13-14-19-29-46-34-26-23-32(24-27-34)35-28-25-33(30-36(35)31-20-16-15-17-21-31)38(44)48-39(45)47-37(40(41,42)43)22-18-8-6-4-2/h15-17,20-21,23-28,30,37H,3-14,18-19,22,29H2,1-2H3. The molecule has 3 aromatic carbocycles. The number of carbonyl (C=O) groups excluding carboxylic acids is 2. The number of esters is 1. The third kappa shape index (κ3) is 13.7. The van der Waals surface area contributed by atoms with Crippen molar-refractivity contribution in [2.24, 2.45) is 0 Å². The molecule has 0 heterocycles. The average molecular weight is 669 g/mol. The predicted octanol–water partition coefficient (Wildman–Crippen LogP) is 12.5. The molecule has 0 spiro atoms. The fourth-order valence-electron chi connectivity index (χ4n) is 5.61. The van der Waals surface area contributed by atoms with Gasteiger partial charge < -0.3 is 14.2 Å². The minimum absolute atomic E-state index is 0.0116. The Bertz CT molecular complexity index is 1360. The van der Waals surface area contributed by atoms with Crippen LogP contribution in [-0.2, 0) is 9.47 Å². The molecule has 0 saturated heterocycles. The quantitative estimate of drug-likeness (QED) is 0.0642. The Morgan fingerprint density at radius 1 is 0.646 bits per heavy atom. The van der Waals surface area contributed by atoms with Crippen LogP contribution in [0.5, 0.6) is 5.75 Å². The molecule has 3 aromatic rings. The van der Waals surface area contributed by atoms with Crippen LogP contribution >= 0.6 is 0 Å². The zero-order valence-corrected chi connectivity index (χ0v) is 28.5. The molecule has 8 heteroatoms. The Morgan fingerprint density at radius 3 is 1.81 bits per heavy atom. The summed E-state index contributed by atoms with van der Waals surface area (Å²) in [5.74, 6) is -0.316. The summed E-state index contributed by atoms with van der Waals surface area (Å²) in [6, 6.07) is 21.9.